The fraction of sp³-hybridized carbons (Fsp3) is 0.167. The van der Waals surface area contributed by atoms with Gasteiger partial charge in [0.25, 0.3) is 0 Å². The van der Waals surface area contributed by atoms with Gasteiger partial charge in [-0.15, -0.1) is 0 Å². The molecule has 28 heavy (non-hydrogen) atoms. The van der Waals surface area contributed by atoms with Crippen LogP contribution >= 0.6 is 11.6 Å². The minimum atomic E-state index is -4.67. The second-order valence-electron chi connectivity index (χ2n) is 5.91. The fourth-order valence-electron chi connectivity index (χ4n) is 2.59. The predicted molar refractivity (Wildman–Crippen MR) is 96.0 cm³/mol. The van der Waals surface area contributed by atoms with Gasteiger partial charge in [-0.2, -0.15) is 13.2 Å². The van der Waals surface area contributed by atoms with E-state index in [1.807, 2.05) is 0 Å². The highest BCUT2D eigenvalue weighted by Crippen LogP contribution is 2.36. The fourth-order valence-corrected chi connectivity index (χ4v) is 2.81. The molecular weight excluding hydrogens is 399 g/mol. The summed E-state index contributed by atoms with van der Waals surface area (Å²) in [4.78, 5) is 24.2. The average molecular weight is 412 g/mol. The van der Waals surface area contributed by atoms with Crippen molar-refractivity contribution in [1.29, 1.82) is 0 Å². The molecule has 2 aromatic carbocycles. The van der Waals surface area contributed by atoms with E-state index < -0.39 is 35.0 Å². The molecule has 1 amide bonds. The molecule has 0 unspecified atom stereocenters. The first-order chi connectivity index (χ1) is 13.2. The van der Waals surface area contributed by atoms with Crippen LogP contribution < -0.4 is 11.1 Å². The quantitative estimate of drug-likeness (QED) is 0.700. The number of nitrogens with zero attached hydrogens (tertiary/aromatic N) is 2. The zero-order valence-electron chi connectivity index (χ0n) is 14.4. The molecule has 10 heteroatoms. The third-order valence-corrected chi connectivity index (χ3v) is 4.26. The van der Waals surface area contributed by atoms with Crippen LogP contribution in [0.25, 0.3) is 11.4 Å². The number of nitrogens with one attached hydrogen (secondary N) is 1. The number of alkyl halides is 3. The van der Waals surface area contributed by atoms with Gasteiger partial charge in [0.2, 0.25) is 5.91 Å². The number of amides is 1. The minimum Gasteiger partial charge on any atom is -0.325 e. The SMILES string of the molecule is Cc1ccccc1-c1noc(=O)n1CC(=O)Nc1ccc(Cl)c(C(F)(F)F)c1. The van der Waals surface area contributed by atoms with E-state index in [9.17, 15) is 22.8 Å². The van der Waals surface area contributed by atoms with Crippen molar-refractivity contribution in [2.24, 2.45) is 0 Å². The van der Waals surface area contributed by atoms with Gasteiger partial charge >= 0.3 is 11.9 Å². The van der Waals surface area contributed by atoms with Crippen LogP contribution in [0.15, 0.2) is 51.8 Å². The first-order valence-electron chi connectivity index (χ1n) is 7.96. The lowest BCUT2D eigenvalue weighted by Crippen LogP contribution is -2.25. The molecule has 0 atom stereocenters. The van der Waals surface area contributed by atoms with E-state index in [0.29, 0.717) is 5.56 Å². The standard InChI is InChI=1S/C18H13ClF3N3O3/c1-10-4-2-3-5-12(10)16-24-28-17(27)25(16)9-15(26)23-11-6-7-14(19)13(8-11)18(20,21)22/h2-8H,9H2,1H3,(H,23,26). The number of benzene rings is 2. The zero-order valence-corrected chi connectivity index (χ0v) is 15.1. The number of rotatable bonds is 4. The highest BCUT2D eigenvalue weighted by molar-refractivity contribution is 6.31. The van der Waals surface area contributed by atoms with E-state index in [-0.39, 0.29) is 11.5 Å². The van der Waals surface area contributed by atoms with Gasteiger partial charge in [0.05, 0.1) is 10.6 Å². The Morgan fingerprint density at radius 2 is 1.96 bits per heavy atom. The number of hydrogen-bond donors (Lipinski definition) is 1. The van der Waals surface area contributed by atoms with Gasteiger partial charge in [0.15, 0.2) is 5.82 Å². The monoisotopic (exact) mass is 411 g/mol. The summed E-state index contributed by atoms with van der Waals surface area (Å²) < 4.78 is 44.5. The number of aromatic nitrogens is 2. The summed E-state index contributed by atoms with van der Waals surface area (Å²) in [7, 11) is 0. The normalized spacial score (nSPS) is 11.5. The van der Waals surface area contributed by atoms with E-state index in [4.69, 9.17) is 11.6 Å². The third kappa shape index (κ3) is 4.09. The van der Waals surface area contributed by atoms with E-state index in [1.54, 1.807) is 31.2 Å². The highest BCUT2D eigenvalue weighted by Gasteiger charge is 2.33. The largest absolute Gasteiger partial charge is 0.442 e. The van der Waals surface area contributed by atoms with Crippen molar-refractivity contribution in [1.82, 2.24) is 9.72 Å². The molecule has 0 spiro atoms. The molecule has 0 saturated heterocycles. The molecule has 0 saturated carbocycles. The molecule has 0 radical (unpaired) electrons. The van der Waals surface area contributed by atoms with Crippen LogP contribution in [-0.2, 0) is 17.5 Å². The number of carbonyl (C=O) groups excluding carboxylic acids is 1. The van der Waals surface area contributed by atoms with Crippen molar-refractivity contribution in [3.05, 3.63) is 69.2 Å². The van der Waals surface area contributed by atoms with E-state index in [2.05, 4.69) is 15.0 Å². The van der Waals surface area contributed by atoms with Gasteiger partial charge in [-0.1, -0.05) is 41.0 Å². The van der Waals surface area contributed by atoms with E-state index in [1.165, 1.54) is 6.07 Å². The van der Waals surface area contributed by atoms with Crippen LogP contribution in [0.1, 0.15) is 11.1 Å². The Balaban J connectivity index is 1.85. The summed E-state index contributed by atoms with van der Waals surface area (Å²) in [6, 6.07) is 10.0. The van der Waals surface area contributed by atoms with Crippen LogP contribution in [0.4, 0.5) is 18.9 Å². The zero-order chi connectivity index (χ0) is 20.5. The number of anilines is 1. The Labute approximate surface area is 161 Å². The maximum absolute atomic E-state index is 12.9. The second-order valence-corrected chi connectivity index (χ2v) is 6.32. The first-order valence-corrected chi connectivity index (χ1v) is 8.33. The molecule has 0 bridgehead atoms. The average Bonchev–Trinajstić information content (AvgIpc) is 2.96. The molecule has 3 aromatic rings. The van der Waals surface area contributed by atoms with E-state index in [0.717, 1.165) is 22.3 Å². The summed E-state index contributed by atoms with van der Waals surface area (Å²) in [5, 5.41) is 5.52. The Hall–Kier alpha value is -3.07. The van der Waals surface area contributed by atoms with Crippen molar-refractivity contribution in [2.75, 3.05) is 5.32 Å². The molecule has 146 valence electrons. The van der Waals surface area contributed by atoms with Gasteiger partial charge in [-0.05, 0) is 30.7 Å². The number of carbonyl (C=O) groups is 1. The molecule has 0 aliphatic heterocycles. The van der Waals surface area contributed by atoms with Gasteiger partial charge in [-0.25, -0.2) is 9.36 Å². The predicted octanol–water partition coefficient (Wildman–Crippen LogP) is 4.12. The molecule has 1 heterocycles. The van der Waals surface area contributed by atoms with Crippen LogP contribution in [0.3, 0.4) is 0 Å². The van der Waals surface area contributed by atoms with Gasteiger partial charge in [0.1, 0.15) is 6.54 Å². The lowest BCUT2D eigenvalue weighted by molar-refractivity contribution is -0.137. The molecular formula is C18H13ClF3N3O3. The Morgan fingerprint density at radius 1 is 1.25 bits per heavy atom. The summed E-state index contributed by atoms with van der Waals surface area (Å²) in [6.07, 6.45) is -4.67. The summed E-state index contributed by atoms with van der Waals surface area (Å²) >= 11 is 5.56. The lowest BCUT2D eigenvalue weighted by Gasteiger charge is -2.12. The van der Waals surface area contributed by atoms with Crippen molar-refractivity contribution in [3.63, 3.8) is 0 Å². The third-order valence-electron chi connectivity index (χ3n) is 3.93. The van der Waals surface area contributed by atoms with Gasteiger partial charge < -0.3 is 5.32 Å². The van der Waals surface area contributed by atoms with Crippen molar-refractivity contribution in [2.45, 2.75) is 19.6 Å². The number of aryl methyl sites for hydroxylation is 1. The van der Waals surface area contributed by atoms with Gasteiger partial charge in [-0.3, -0.25) is 9.32 Å². The summed E-state index contributed by atoms with van der Waals surface area (Å²) in [6.45, 7) is 1.31. The molecule has 3 rings (SSSR count). The molecule has 6 nitrogen and oxygen atoms in total. The first kappa shape index (κ1) is 19.7. The van der Waals surface area contributed by atoms with Gasteiger partial charge in [0, 0.05) is 11.3 Å². The summed E-state index contributed by atoms with van der Waals surface area (Å²) in [5.74, 6) is -1.44. The van der Waals surface area contributed by atoms with Crippen LogP contribution in [0.2, 0.25) is 5.02 Å². The summed E-state index contributed by atoms with van der Waals surface area (Å²) in [5.41, 5.74) is 0.211. The molecule has 1 N–H and O–H groups in total. The van der Waals surface area contributed by atoms with Crippen molar-refractivity contribution >= 4 is 23.2 Å². The Morgan fingerprint density at radius 3 is 2.64 bits per heavy atom. The maximum Gasteiger partial charge on any atom is 0.442 e. The minimum absolute atomic E-state index is 0.108. The topological polar surface area (TPSA) is 77.1 Å². The second kappa shape index (κ2) is 7.51. The number of halogens is 4. The lowest BCUT2D eigenvalue weighted by atomic mass is 10.1. The Kier molecular flexibility index (Phi) is 5.28. The van der Waals surface area contributed by atoms with Crippen molar-refractivity contribution in [3.8, 4) is 11.4 Å². The molecule has 0 aliphatic carbocycles. The van der Waals surface area contributed by atoms with Crippen LogP contribution in [-0.4, -0.2) is 15.6 Å². The number of hydrogen-bond acceptors (Lipinski definition) is 4. The molecule has 0 aliphatic rings. The Bertz CT molecular complexity index is 1090. The smallest absolute Gasteiger partial charge is 0.325 e. The van der Waals surface area contributed by atoms with Crippen LogP contribution in [0, 0.1) is 6.92 Å². The maximum atomic E-state index is 12.9. The molecule has 1 aromatic heterocycles. The van der Waals surface area contributed by atoms with E-state index >= 15 is 0 Å². The molecule has 0 fully saturated rings. The highest BCUT2D eigenvalue weighted by atomic mass is 35.5. The van der Waals surface area contributed by atoms with Crippen molar-refractivity contribution < 1.29 is 22.5 Å². The van der Waals surface area contributed by atoms with Crippen LogP contribution in [0.5, 0.6) is 0 Å².